The summed E-state index contributed by atoms with van der Waals surface area (Å²) in [4.78, 5) is 0. The van der Waals surface area contributed by atoms with Gasteiger partial charge in [-0.15, -0.1) is 0 Å². The molecule has 0 saturated carbocycles. The van der Waals surface area contributed by atoms with Crippen LogP contribution in [0.5, 0.6) is 0 Å². The van der Waals surface area contributed by atoms with Crippen LogP contribution in [-0.2, 0) is 10.0 Å². The number of benzene rings is 1. The number of sulfonamides is 1. The van der Waals surface area contributed by atoms with E-state index in [4.69, 9.17) is 0 Å². The van der Waals surface area contributed by atoms with Crippen LogP contribution in [0.1, 0.15) is 18.4 Å². The van der Waals surface area contributed by atoms with Gasteiger partial charge >= 0.3 is 0 Å². The van der Waals surface area contributed by atoms with E-state index in [1.165, 1.54) is 18.2 Å². The highest BCUT2D eigenvalue weighted by Gasteiger charge is 2.21. The predicted octanol–water partition coefficient (Wildman–Crippen LogP) is 1.88. The third kappa shape index (κ3) is 4.18. The predicted molar refractivity (Wildman–Crippen MR) is 74.1 cm³/mol. The zero-order chi connectivity index (χ0) is 13.9. The maximum atomic E-state index is 13.0. The summed E-state index contributed by atoms with van der Waals surface area (Å²) in [7, 11) is -3.38. The molecule has 0 aromatic heterocycles. The van der Waals surface area contributed by atoms with Crippen LogP contribution in [0.3, 0.4) is 0 Å². The normalized spacial score (nSPS) is 20.2. The highest BCUT2D eigenvalue weighted by Crippen LogP contribution is 2.19. The zero-order valence-electron chi connectivity index (χ0n) is 10.9. The van der Waals surface area contributed by atoms with Crippen molar-refractivity contribution in [3.05, 3.63) is 29.6 Å². The number of halogens is 1. The molecule has 1 aliphatic heterocycles. The van der Waals surface area contributed by atoms with E-state index in [1.54, 1.807) is 6.92 Å². The van der Waals surface area contributed by atoms with Crippen LogP contribution in [0, 0.1) is 18.7 Å². The summed E-state index contributed by atoms with van der Waals surface area (Å²) in [6.45, 7) is 3.38. The first-order valence-electron chi connectivity index (χ1n) is 6.44. The lowest BCUT2D eigenvalue weighted by Crippen LogP contribution is -2.35. The number of rotatable bonds is 4. The third-order valence-corrected chi connectivity index (χ3v) is 4.75. The van der Waals surface area contributed by atoms with Gasteiger partial charge in [-0.2, -0.15) is 0 Å². The minimum atomic E-state index is -3.38. The molecule has 0 spiro atoms. The van der Waals surface area contributed by atoms with E-state index in [0.29, 0.717) is 11.3 Å². The van der Waals surface area contributed by atoms with Crippen LogP contribution < -0.4 is 10.0 Å². The lowest BCUT2D eigenvalue weighted by Gasteiger charge is -2.22. The fourth-order valence-corrected chi connectivity index (χ4v) is 3.88. The number of aryl methyl sites for hydroxylation is 1. The van der Waals surface area contributed by atoms with E-state index >= 15 is 0 Å². The van der Waals surface area contributed by atoms with Gasteiger partial charge in [0.25, 0.3) is 0 Å². The molecular weight excluding hydrogens is 267 g/mol. The van der Waals surface area contributed by atoms with Gasteiger partial charge in [0, 0.05) is 0 Å². The summed E-state index contributed by atoms with van der Waals surface area (Å²) in [6, 6.07) is 4.04. The molecule has 19 heavy (non-hydrogen) atoms. The van der Waals surface area contributed by atoms with Crippen LogP contribution >= 0.6 is 0 Å². The van der Waals surface area contributed by atoms with Crippen molar-refractivity contribution in [1.82, 2.24) is 5.32 Å². The molecule has 1 atom stereocenters. The van der Waals surface area contributed by atoms with Crippen molar-refractivity contribution in [2.45, 2.75) is 19.8 Å². The Morgan fingerprint density at radius 2 is 2.26 bits per heavy atom. The van der Waals surface area contributed by atoms with E-state index in [1.807, 2.05) is 0 Å². The summed E-state index contributed by atoms with van der Waals surface area (Å²) >= 11 is 0. The Labute approximate surface area is 113 Å². The quantitative estimate of drug-likeness (QED) is 0.888. The lowest BCUT2D eigenvalue weighted by molar-refractivity contribution is 0.404. The van der Waals surface area contributed by atoms with Gasteiger partial charge in [-0.3, -0.25) is 4.72 Å². The molecule has 1 unspecified atom stereocenters. The van der Waals surface area contributed by atoms with Crippen molar-refractivity contribution in [3.8, 4) is 0 Å². The van der Waals surface area contributed by atoms with Crippen molar-refractivity contribution >= 4 is 15.7 Å². The molecule has 1 heterocycles. The van der Waals surface area contributed by atoms with Gasteiger partial charge in [0.05, 0.1) is 11.4 Å². The molecule has 106 valence electrons. The monoisotopic (exact) mass is 286 g/mol. The number of piperidine rings is 1. The minimum Gasteiger partial charge on any atom is -0.316 e. The number of anilines is 1. The molecule has 1 aliphatic rings. The Kier molecular flexibility index (Phi) is 4.42. The van der Waals surface area contributed by atoms with Gasteiger partial charge in [0.1, 0.15) is 5.82 Å². The van der Waals surface area contributed by atoms with Gasteiger partial charge in [-0.05, 0) is 62.5 Å². The molecule has 0 amide bonds. The first kappa shape index (κ1) is 14.3. The fraction of sp³-hybridized carbons (Fsp3) is 0.538. The van der Waals surface area contributed by atoms with Gasteiger partial charge in [0.15, 0.2) is 0 Å². The Morgan fingerprint density at radius 1 is 1.47 bits per heavy atom. The fourth-order valence-electron chi connectivity index (χ4n) is 2.33. The molecule has 2 N–H and O–H groups in total. The first-order valence-corrected chi connectivity index (χ1v) is 8.09. The molecule has 6 heteroatoms. The second-order valence-corrected chi connectivity index (χ2v) is 6.82. The summed E-state index contributed by atoms with van der Waals surface area (Å²) < 4.78 is 39.7. The minimum absolute atomic E-state index is 0.108. The summed E-state index contributed by atoms with van der Waals surface area (Å²) in [5.74, 6) is -0.111. The van der Waals surface area contributed by atoms with Gasteiger partial charge in [-0.25, -0.2) is 12.8 Å². The average molecular weight is 286 g/mol. The largest absolute Gasteiger partial charge is 0.316 e. The van der Waals surface area contributed by atoms with Crippen molar-refractivity contribution in [2.75, 3.05) is 23.6 Å². The molecule has 0 radical (unpaired) electrons. The van der Waals surface area contributed by atoms with Gasteiger partial charge in [-0.1, -0.05) is 0 Å². The van der Waals surface area contributed by atoms with Crippen molar-refractivity contribution in [3.63, 3.8) is 0 Å². The Morgan fingerprint density at radius 3 is 2.89 bits per heavy atom. The molecular formula is C13H19FN2O2S. The highest BCUT2D eigenvalue weighted by atomic mass is 32.2. The zero-order valence-corrected chi connectivity index (χ0v) is 11.8. The van der Waals surface area contributed by atoms with Gasteiger partial charge in [0.2, 0.25) is 10.0 Å². The van der Waals surface area contributed by atoms with E-state index in [0.717, 1.165) is 25.9 Å². The van der Waals surface area contributed by atoms with Crippen molar-refractivity contribution < 1.29 is 12.8 Å². The van der Waals surface area contributed by atoms with Crippen LogP contribution in [0.25, 0.3) is 0 Å². The topological polar surface area (TPSA) is 58.2 Å². The van der Waals surface area contributed by atoms with Crippen LogP contribution in [0.2, 0.25) is 0 Å². The number of hydrogen-bond acceptors (Lipinski definition) is 3. The number of hydrogen-bond donors (Lipinski definition) is 2. The smallest absolute Gasteiger partial charge is 0.233 e. The van der Waals surface area contributed by atoms with Crippen LogP contribution in [-0.4, -0.2) is 27.3 Å². The molecule has 0 bridgehead atoms. The standard InChI is InChI=1S/C13H19FN2O2S/c1-10-7-12(14)4-5-13(10)16-19(17,18)9-11-3-2-6-15-8-11/h4-5,7,11,15-16H,2-3,6,8-9H2,1H3. The highest BCUT2D eigenvalue weighted by molar-refractivity contribution is 7.92. The molecule has 1 fully saturated rings. The first-order chi connectivity index (χ1) is 8.96. The average Bonchev–Trinajstić information content (AvgIpc) is 2.33. The van der Waals surface area contributed by atoms with E-state index in [9.17, 15) is 12.8 Å². The Bertz CT molecular complexity index is 540. The molecule has 1 aromatic rings. The van der Waals surface area contributed by atoms with Crippen LogP contribution in [0.15, 0.2) is 18.2 Å². The molecule has 1 saturated heterocycles. The Hall–Kier alpha value is -1.14. The second-order valence-electron chi connectivity index (χ2n) is 5.06. The third-order valence-electron chi connectivity index (χ3n) is 3.31. The molecule has 0 aliphatic carbocycles. The maximum absolute atomic E-state index is 13.0. The van der Waals surface area contributed by atoms with Crippen molar-refractivity contribution in [2.24, 2.45) is 5.92 Å². The van der Waals surface area contributed by atoms with E-state index in [-0.39, 0.29) is 17.5 Å². The maximum Gasteiger partial charge on any atom is 0.233 e. The number of nitrogens with one attached hydrogen (secondary N) is 2. The summed E-state index contributed by atoms with van der Waals surface area (Å²) in [5, 5.41) is 3.20. The van der Waals surface area contributed by atoms with E-state index < -0.39 is 10.0 Å². The van der Waals surface area contributed by atoms with Gasteiger partial charge < -0.3 is 5.32 Å². The SMILES string of the molecule is Cc1cc(F)ccc1NS(=O)(=O)CC1CCCNC1. The lowest BCUT2D eigenvalue weighted by atomic mass is 10.0. The van der Waals surface area contributed by atoms with Crippen LogP contribution in [0.4, 0.5) is 10.1 Å². The van der Waals surface area contributed by atoms with E-state index in [2.05, 4.69) is 10.0 Å². The molecule has 4 nitrogen and oxygen atoms in total. The molecule has 1 aromatic carbocycles. The summed E-state index contributed by atoms with van der Waals surface area (Å²) in [5.41, 5.74) is 1.04. The second kappa shape index (κ2) is 5.88. The van der Waals surface area contributed by atoms with Crippen molar-refractivity contribution in [1.29, 1.82) is 0 Å². The Balaban J connectivity index is 2.03. The summed E-state index contributed by atoms with van der Waals surface area (Å²) in [6.07, 6.45) is 1.94. The molecule has 2 rings (SSSR count).